The Bertz CT molecular complexity index is 910. The van der Waals surface area contributed by atoms with Crippen LogP contribution in [0.2, 0.25) is 0 Å². The van der Waals surface area contributed by atoms with Gasteiger partial charge in [0.15, 0.2) is 0 Å². The molecule has 3 fully saturated rings. The van der Waals surface area contributed by atoms with E-state index in [1.54, 1.807) is 13.0 Å². The number of aliphatic hydroxyl groups is 2. The summed E-state index contributed by atoms with van der Waals surface area (Å²) in [6.45, 7) is 11.3. The molecular formula is C28H43NO8. The molecule has 0 bridgehead atoms. The van der Waals surface area contributed by atoms with E-state index in [9.17, 15) is 19.8 Å². The molecule has 0 unspecified atom stereocenters. The van der Waals surface area contributed by atoms with E-state index in [0.29, 0.717) is 13.0 Å². The average Bonchev–Trinajstić information content (AvgIpc) is 3.59. The SMILES string of the molecule is CC(=O)O[C@H](C)C=CC(=O)N[C@@H]1C[C@H](C)[C@H](CC=C(C)C=C[C@H]2O[C@](C)(CO)C[C@@]3(CO3)[C@@H]2O)O[C@@H]1C. The number of hydrogen-bond donors (Lipinski definition) is 3. The fourth-order valence-corrected chi connectivity index (χ4v) is 5.16. The Balaban J connectivity index is 1.50. The summed E-state index contributed by atoms with van der Waals surface area (Å²) in [4.78, 5) is 23.3. The molecule has 0 radical (unpaired) electrons. The van der Waals surface area contributed by atoms with Gasteiger partial charge in [0.1, 0.15) is 23.9 Å². The molecule has 3 aliphatic rings. The molecule has 3 rings (SSSR count). The first kappa shape index (κ1) is 29.5. The van der Waals surface area contributed by atoms with Gasteiger partial charge in [-0.15, -0.1) is 0 Å². The van der Waals surface area contributed by atoms with Crippen LogP contribution in [0.4, 0.5) is 0 Å². The lowest BCUT2D eigenvalue weighted by molar-refractivity contribution is -0.192. The summed E-state index contributed by atoms with van der Waals surface area (Å²) in [7, 11) is 0. The van der Waals surface area contributed by atoms with E-state index in [4.69, 9.17) is 18.9 Å². The van der Waals surface area contributed by atoms with Gasteiger partial charge in [-0.25, -0.2) is 0 Å². The zero-order valence-corrected chi connectivity index (χ0v) is 22.8. The molecule has 0 aromatic heterocycles. The number of ether oxygens (including phenoxy) is 4. The van der Waals surface area contributed by atoms with E-state index >= 15 is 0 Å². The predicted molar refractivity (Wildman–Crippen MR) is 138 cm³/mol. The molecule has 1 spiro atoms. The number of esters is 1. The van der Waals surface area contributed by atoms with Crippen LogP contribution in [-0.2, 0) is 28.5 Å². The molecular weight excluding hydrogens is 478 g/mol. The summed E-state index contributed by atoms with van der Waals surface area (Å²) in [6.07, 6.45) is 8.86. The molecule has 9 heteroatoms. The Morgan fingerprint density at radius 2 is 1.95 bits per heavy atom. The third kappa shape index (κ3) is 7.97. The van der Waals surface area contributed by atoms with Crippen LogP contribution in [0.15, 0.2) is 36.0 Å². The van der Waals surface area contributed by atoms with Crippen molar-refractivity contribution in [2.75, 3.05) is 13.2 Å². The Morgan fingerprint density at radius 1 is 1.24 bits per heavy atom. The molecule has 0 aliphatic carbocycles. The summed E-state index contributed by atoms with van der Waals surface area (Å²) in [6, 6.07) is -0.111. The van der Waals surface area contributed by atoms with Gasteiger partial charge in [-0.2, -0.15) is 0 Å². The van der Waals surface area contributed by atoms with Gasteiger partial charge in [0.2, 0.25) is 5.91 Å². The molecule has 0 saturated carbocycles. The number of epoxide rings is 1. The zero-order chi connectivity index (χ0) is 27.4. The number of carbonyl (C=O) groups is 2. The first-order valence-corrected chi connectivity index (χ1v) is 13.1. The lowest BCUT2D eigenvalue weighted by Gasteiger charge is -2.42. The first-order chi connectivity index (χ1) is 17.4. The maximum absolute atomic E-state index is 12.3. The predicted octanol–water partition coefficient (Wildman–Crippen LogP) is 2.35. The Hall–Kier alpha value is -2.04. The highest BCUT2D eigenvalue weighted by molar-refractivity contribution is 5.87. The number of rotatable bonds is 9. The van der Waals surface area contributed by atoms with Crippen LogP contribution in [0.3, 0.4) is 0 Å². The molecule has 3 saturated heterocycles. The van der Waals surface area contributed by atoms with Crippen LogP contribution in [0, 0.1) is 5.92 Å². The lowest BCUT2D eigenvalue weighted by Crippen LogP contribution is -2.56. The third-order valence-electron chi connectivity index (χ3n) is 7.43. The summed E-state index contributed by atoms with van der Waals surface area (Å²) in [5.41, 5.74) is -0.345. The number of carbonyl (C=O) groups excluding carboxylic acids is 2. The fourth-order valence-electron chi connectivity index (χ4n) is 5.16. The number of nitrogens with one attached hydrogen (secondary N) is 1. The second-order valence-electron chi connectivity index (χ2n) is 11.1. The van der Waals surface area contributed by atoms with Gasteiger partial charge in [0, 0.05) is 19.4 Å². The number of hydrogen-bond acceptors (Lipinski definition) is 8. The molecule has 0 aromatic rings. The second kappa shape index (κ2) is 12.2. The van der Waals surface area contributed by atoms with Crippen molar-refractivity contribution >= 4 is 11.9 Å². The minimum absolute atomic E-state index is 0.0170. The highest BCUT2D eigenvalue weighted by atomic mass is 16.6. The van der Waals surface area contributed by atoms with Crippen molar-refractivity contribution in [1.29, 1.82) is 0 Å². The zero-order valence-electron chi connectivity index (χ0n) is 22.8. The van der Waals surface area contributed by atoms with Crippen LogP contribution in [0.25, 0.3) is 0 Å². The van der Waals surface area contributed by atoms with Gasteiger partial charge in [-0.05, 0) is 52.5 Å². The van der Waals surface area contributed by atoms with Crippen molar-refractivity contribution < 1.29 is 38.7 Å². The van der Waals surface area contributed by atoms with E-state index in [-0.39, 0.29) is 36.7 Å². The fraction of sp³-hybridized carbons (Fsp3) is 0.714. The number of aliphatic hydroxyl groups excluding tert-OH is 2. The topological polar surface area (TPSA) is 127 Å². The van der Waals surface area contributed by atoms with E-state index in [1.807, 2.05) is 32.9 Å². The van der Waals surface area contributed by atoms with Crippen molar-refractivity contribution in [3.63, 3.8) is 0 Å². The Kier molecular flexibility index (Phi) is 9.74. The van der Waals surface area contributed by atoms with Crippen molar-refractivity contribution in [2.45, 2.75) is 109 Å². The van der Waals surface area contributed by atoms with Crippen molar-refractivity contribution in [2.24, 2.45) is 5.92 Å². The highest BCUT2D eigenvalue weighted by Crippen LogP contribution is 2.46. The van der Waals surface area contributed by atoms with Crippen molar-refractivity contribution in [3.05, 3.63) is 36.0 Å². The Labute approximate surface area is 219 Å². The maximum atomic E-state index is 12.3. The summed E-state index contributed by atoms with van der Waals surface area (Å²) in [5, 5.41) is 23.5. The van der Waals surface area contributed by atoms with Crippen LogP contribution in [0.1, 0.15) is 60.8 Å². The third-order valence-corrected chi connectivity index (χ3v) is 7.43. The molecule has 208 valence electrons. The van der Waals surface area contributed by atoms with Crippen LogP contribution < -0.4 is 5.32 Å². The monoisotopic (exact) mass is 521 g/mol. The largest absolute Gasteiger partial charge is 0.459 e. The molecule has 3 aliphatic heterocycles. The van der Waals surface area contributed by atoms with E-state index < -0.39 is 35.5 Å². The minimum Gasteiger partial charge on any atom is -0.459 e. The first-order valence-electron chi connectivity index (χ1n) is 13.1. The molecule has 3 N–H and O–H groups in total. The van der Waals surface area contributed by atoms with Gasteiger partial charge in [0.05, 0.1) is 37.1 Å². The van der Waals surface area contributed by atoms with Crippen LogP contribution in [0.5, 0.6) is 0 Å². The van der Waals surface area contributed by atoms with Crippen LogP contribution in [-0.4, -0.2) is 83.1 Å². The van der Waals surface area contributed by atoms with Gasteiger partial charge >= 0.3 is 5.97 Å². The standard InChI is InChI=1S/C28H43NO8/c1-17(8-11-24-26(33)28(16-34-28)14-27(6,15-30)37-24)7-10-23-18(2)13-22(20(4)36-23)29-25(32)12-9-19(3)35-21(5)31/h7-9,11-12,18-20,22-24,26,30,33H,10,13-16H2,1-6H3,(H,29,32)/t18-,19+,20+,22+,23-,24+,26+,27-,28+/m0/s1. The maximum Gasteiger partial charge on any atom is 0.303 e. The van der Waals surface area contributed by atoms with Crippen molar-refractivity contribution in [1.82, 2.24) is 5.32 Å². The molecule has 9 atom stereocenters. The molecule has 3 heterocycles. The lowest BCUT2D eigenvalue weighted by atomic mass is 9.82. The van der Waals surface area contributed by atoms with Gasteiger partial charge in [-0.1, -0.05) is 30.7 Å². The minimum atomic E-state index is -0.773. The number of amides is 1. The van der Waals surface area contributed by atoms with E-state index in [0.717, 1.165) is 18.4 Å². The molecule has 37 heavy (non-hydrogen) atoms. The van der Waals surface area contributed by atoms with Gasteiger partial charge in [-0.3, -0.25) is 9.59 Å². The smallest absolute Gasteiger partial charge is 0.303 e. The van der Waals surface area contributed by atoms with E-state index in [1.165, 1.54) is 13.0 Å². The Morgan fingerprint density at radius 3 is 2.57 bits per heavy atom. The second-order valence-corrected chi connectivity index (χ2v) is 11.1. The average molecular weight is 522 g/mol. The van der Waals surface area contributed by atoms with Crippen LogP contribution >= 0.6 is 0 Å². The van der Waals surface area contributed by atoms with Gasteiger partial charge in [0.25, 0.3) is 0 Å². The molecule has 1 amide bonds. The molecule has 9 nitrogen and oxygen atoms in total. The molecule has 0 aromatic carbocycles. The highest BCUT2D eigenvalue weighted by Gasteiger charge is 2.61. The van der Waals surface area contributed by atoms with Crippen molar-refractivity contribution in [3.8, 4) is 0 Å². The normalized spacial score (nSPS) is 39.2. The summed E-state index contributed by atoms with van der Waals surface area (Å²) < 4.78 is 22.8. The van der Waals surface area contributed by atoms with Gasteiger partial charge < -0.3 is 34.5 Å². The van der Waals surface area contributed by atoms with E-state index in [2.05, 4.69) is 18.3 Å². The summed E-state index contributed by atoms with van der Waals surface area (Å²) in [5.74, 6) is -0.398. The number of allylic oxidation sites excluding steroid dienone is 2. The quantitative estimate of drug-likeness (QED) is 0.183. The summed E-state index contributed by atoms with van der Waals surface area (Å²) >= 11 is 0.